The van der Waals surface area contributed by atoms with Gasteiger partial charge in [0.2, 0.25) is 0 Å². The molecule has 47 heavy (non-hydrogen) atoms. The van der Waals surface area contributed by atoms with Crippen molar-refractivity contribution in [3.63, 3.8) is 0 Å². The van der Waals surface area contributed by atoms with Gasteiger partial charge in [-0.2, -0.15) is 0 Å². The van der Waals surface area contributed by atoms with Gasteiger partial charge in [0.25, 0.3) is 5.91 Å². The minimum Gasteiger partial charge on any atom is -0.493 e. The van der Waals surface area contributed by atoms with Crippen molar-refractivity contribution in [2.75, 3.05) is 34.0 Å². The lowest BCUT2D eigenvalue weighted by atomic mass is 9.85. The van der Waals surface area contributed by atoms with Crippen molar-refractivity contribution in [1.82, 2.24) is 4.90 Å². The lowest BCUT2D eigenvalue weighted by Gasteiger charge is -2.39. The van der Waals surface area contributed by atoms with Crippen molar-refractivity contribution in [2.45, 2.75) is 64.2 Å². The Bertz CT molecular complexity index is 1440. The van der Waals surface area contributed by atoms with Crippen LogP contribution in [-0.4, -0.2) is 85.1 Å². The quantitative estimate of drug-likeness (QED) is 0.198. The molecule has 0 bridgehead atoms. The number of aliphatic hydroxyl groups excluding tert-OH is 1. The number of esters is 2. The third kappa shape index (κ3) is 9.67. The molecule has 1 unspecified atom stereocenters. The summed E-state index contributed by atoms with van der Waals surface area (Å²) >= 11 is 0. The number of aliphatic carboxylic acids is 1. The van der Waals surface area contributed by atoms with Crippen LogP contribution in [0.5, 0.6) is 17.2 Å². The van der Waals surface area contributed by atoms with E-state index in [1.807, 2.05) is 0 Å². The summed E-state index contributed by atoms with van der Waals surface area (Å²) in [7, 11) is 3.00. The fourth-order valence-corrected chi connectivity index (χ4v) is 5.18. The van der Waals surface area contributed by atoms with Gasteiger partial charge in [0.05, 0.1) is 20.8 Å². The van der Waals surface area contributed by atoms with Crippen LogP contribution in [0.3, 0.4) is 0 Å². The van der Waals surface area contributed by atoms with Gasteiger partial charge in [-0.3, -0.25) is 4.79 Å². The number of likely N-dealkylation sites (tertiary alicyclic amines) is 1. The molecule has 1 fully saturated rings. The number of benzene rings is 2. The van der Waals surface area contributed by atoms with E-state index in [-0.39, 0.29) is 37.3 Å². The highest BCUT2D eigenvalue weighted by atomic mass is 19.1. The molecule has 0 spiro atoms. The van der Waals surface area contributed by atoms with Crippen molar-refractivity contribution in [3.8, 4) is 17.2 Å². The van der Waals surface area contributed by atoms with Gasteiger partial charge in [0, 0.05) is 23.6 Å². The van der Waals surface area contributed by atoms with E-state index >= 15 is 4.39 Å². The Morgan fingerprint density at radius 2 is 1.81 bits per heavy atom. The summed E-state index contributed by atoms with van der Waals surface area (Å²) < 4.78 is 42.5. The van der Waals surface area contributed by atoms with Crippen LogP contribution in [-0.2, 0) is 35.1 Å². The smallest absolute Gasteiger partial charge is 0.341 e. The average Bonchev–Trinajstić information content (AvgIpc) is 3.07. The topological polar surface area (TPSA) is 158 Å². The highest BCUT2D eigenvalue weighted by molar-refractivity contribution is 5.88. The Balaban J connectivity index is 1.89. The van der Waals surface area contributed by atoms with Gasteiger partial charge in [0.1, 0.15) is 18.2 Å². The highest BCUT2D eigenvalue weighted by Gasteiger charge is 2.42. The van der Waals surface area contributed by atoms with E-state index in [0.717, 1.165) is 11.6 Å². The molecule has 0 aliphatic carbocycles. The number of aliphatic hydroxyl groups is 1. The molecule has 0 saturated carbocycles. The molecule has 1 saturated heterocycles. The fraction of sp³-hybridized carbons (Fsp3) is 0.471. The monoisotopic (exact) mass is 659 g/mol. The van der Waals surface area contributed by atoms with Gasteiger partial charge in [0.15, 0.2) is 29.7 Å². The number of carboxylic acid groups (broad SMARTS) is 1. The predicted octanol–water partition coefficient (Wildman–Crippen LogP) is 4.02. The summed E-state index contributed by atoms with van der Waals surface area (Å²) in [6.45, 7) is 5.55. The van der Waals surface area contributed by atoms with Crippen LogP contribution >= 0.6 is 0 Å². The van der Waals surface area contributed by atoms with Gasteiger partial charge < -0.3 is 38.8 Å². The lowest BCUT2D eigenvalue weighted by molar-refractivity contribution is -0.168. The molecule has 1 aliphatic heterocycles. The fourth-order valence-electron chi connectivity index (χ4n) is 5.18. The second-order valence-corrected chi connectivity index (χ2v) is 11.7. The Morgan fingerprint density at radius 3 is 2.47 bits per heavy atom. The second-order valence-electron chi connectivity index (χ2n) is 11.7. The Morgan fingerprint density at radius 1 is 1.09 bits per heavy atom. The number of hydrogen-bond acceptors (Lipinski definition) is 10. The number of nitrogens with zero attached hydrogens (tertiary/aromatic N) is 1. The minimum absolute atomic E-state index is 0.0411. The Hall–Kier alpha value is -4.65. The van der Waals surface area contributed by atoms with Crippen molar-refractivity contribution < 1.29 is 57.5 Å². The number of halogens is 1. The molecule has 2 aromatic rings. The van der Waals surface area contributed by atoms with Crippen LogP contribution in [0.15, 0.2) is 49.1 Å². The SMILES string of the molecule is C=CC(=O)OCC(C)(C)C(O)C(=O)N1CCCC[C@H]1C(=O)O[C@H](CCc1ccc(OC)c(OC)c1)c1cccc(OCC(=O)O)c1F. The van der Waals surface area contributed by atoms with Gasteiger partial charge in [-0.15, -0.1) is 0 Å². The zero-order valence-electron chi connectivity index (χ0n) is 27.0. The molecule has 1 amide bonds. The largest absolute Gasteiger partial charge is 0.493 e. The average molecular weight is 660 g/mol. The number of hydrogen-bond donors (Lipinski definition) is 2. The number of carbonyl (C=O) groups is 4. The molecule has 3 rings (SSSR count). The molecule has 0 radical (unpaired) electrons. The number of ether oxygens (including phenoxy) is 5. The van der Waals surface area contributed by atoms with Crippen LogP contribution in [0.4, 0.5) is 4.39 Å². The van der Waals surface area contributed by atoms with Crippen LogP contribution in [0.25, 0.3) is 0 Å². The number of carboxylic acids is 1. The van der Waals surface area contributed by atoms with Gasteiger partial charge in [-0.1, -0.05) is 38.6 Å². The molecule has 3 atom stereocenters. The first-order valence-corrected chi connectivity index (χ1v) is 15.1. The van der Waals surface area contributed by atoms with E-state index in [2.05, 4.69) is 6.58 Å². The molecular formula is C34H42FNO11. The first-order valence-electron chi connectivity index (χ1n) is 15.1. The molecule has 0 aromatic heterocycles. The molecule has 12 nitrogen and oxygen atoms in total. The molecule has 2 N–H and O–H groups in total. The van der Waals surface area contributed by atoms with E-state index < -0.39 is 59.9 Å². The number of piperidine rings is 1. The van der Waals surface area contributed by atoms with Gasteiger partial charge in [-0.05, 0) is 55.9 Å². The van der Waals surface area contributed by atoms with Gasteiger partial charge in [-0.25, -0.2) is 18.8 Å². The molecule has 256 valence electrons. The van der Waals surface area contributed by atoms with E-state index in [0.29, 0.717) is 30.8 Å². The lowest BCUT2D eigenvalue weighted by Crippen LogP contribution is -2.55. The van der Waals surface area contributed by atoms with Gasteiger partial charge >= 0.3 is 17.9 Å². The summed E-state index contributed by atoms with van der Waals surface area (Å²) in [5, 5.41) is 20.0. The van der Waals surface area contributed by atoms with E-state index in [9.17, 15) is 24.3 Å². The normalized spacial score (nSPS) is 16.0. The first-order chi connectivity index (χ1) is 22.3. The molecule has 13 heteroatoms. The standard InChI is InChI=1S/C34H42FNO11/c1-6-29(39)46-20-34(2,3)31(40)32(41)36-17-8-7-11-23(36)33(42)47-24(15-13-21-14-16-25(43-4)27(18-21)44-5)22-10-9-12-26(30(22)35)45-19-28(37)38/h6,9-10,12,14,16,18,23-24,31,40H,1,7-8,11,13,15,17,19-20H2,2-5H3,(H,37,38)/t23-,24+,31?/m0/s1. The molecule has 1 aliphatic rings. The van der Waals surface area contributed by atoms with Crippen LogP contribution in [0, 0.1) is 11.2 Å². The third-order valence-electron chi connectivity index (χ3n) is 7.88. The molecular weight excluding hydrogens is 617 g/mol. The molecule has 1 heterocycles. The first kappa shape index (κ1) is 36.8. The maximum absolute atomic E-state index is 15.7. The summed E-state index contributed by atoms with van der Waals surface area (Å²) in [5.41, 5.74) is -0.455. The van der Waals surface area contributed by atoms with Crippen molar-refractivity contribution >= 4 is 23.8 Å². The summed E-state index contributed by atoms with van der Waals surface area (Å²) in [6.07, 6.45) is 0.0252. The van der Waals surface area contributed by atoms with E-state index in [4.69, 9.17) is 28.8 Å². The summed E-state index contributed by atoms with van der Waals surface area (Å²) in [5.74, 6) is -3.75. The maximum atomic E-state index is 15.7. The third-order valence-corrected chi connectivity index (χ3v) is 7.88. The van der Waals surface area contributed by atoms with E-state index in [1.165, 1.54) is 37.3 Å². The number of rotatable bonds is 16. The minimum atomic E-state index is -1.62. The van der Waals surface area contributed by atoms with Crippen molar-refractivity contribution in [2.24, 2.45) is 5.41 Å². The van der Waals surface area contributed by atoms with Crippen LogP contribution in [0.2, 0.25) is 0 Å². The number of carbonyl (C=O) groups excluding carboxylic acids is 3. The van der Waals surface area contributed by atoms with Crippen molar-refractivity contribution in [3.05, 3.63) is 66.0 Å². The van der Waals surface area contributed by atoms with Crippen LogP contribution < -0.4 is 14.2 Å². The maximum Gasteiger partial charge on any atom is 0.341 e. The second kappa shape index (κ2) is 16.8. The van der Waals surface area contributed by atoms with Crippen LogP contribution in [0.1, 0.15) is 56.8 Å². The molecule has 2 aromatic carbocycles. The van der Waals surface area contributed by atoms with Crippen molar-refractivity contribution in [1.29, 1.82) is 0 Å². The number of methoxy groups -OCH3 is 2. The Kier molecular flexibility index (Phi) is 13.1. The summed E-state index contributed by atoms with van der Waals surface area (Å²) in [4.78, 5) is 51.2. The highest BCUT2D eigenvalue weighted by Crippen LogP contribution is 2.34. The Labute approximate surface area is 273 Å². The van der Waals surface area contributed by atoms with E-state index in [1.54, 1.807) is 32.0 Å². The number of aryl methyl sites for hydroxylation is 1. The summed E-state index contributed by atoms with van der Waals surface area (Å²) in [6, 6.07) is 8.32. The predicted molar refractivity (Wildman–Crippen MR) is 167 cm³/mol. The zero-order chi connectivity index (χ0) is 34.7. The number of amides is 1. The zero-order valence-corrected chi connectivity index (χ0v) is 27.0.